The molecular formula is C18H26ClN3O5S. The maximum absolute atomic E-state index is 13.2. The summed E-state index contributed by atoms with van der Waals surface area (Å²) in [5.41, 5.74) is 0. The number of piperidine rings is 1. The van der Waals surface area contributed by atoms with E-state index in [9.17, 15) is 13.2 Å². The van der Waals surface area contributed by atoms with Crippen LogP contribution in [0.25, 0.3) is 0 Å². The summed E-state index contributed by atoms with van der Waals surface area (Å²) in [5.74, 6) is 1.09. The molecule has 1 aromatic rings. The summed E-state index contributed by atoms with van der Waals surface area (Å²) in [6.07, 6.45) is 2.34. The van der Waals surface area contributed by atoms with Gasteiger partial charge in [-0.1, -0.05) is 0 Å². The molecule has 8 nitrogen and oxygen atoms in total. The lowest BCUT2D eigenvalue weighted by atomic mass is 10.1. The number of rotatable bonds is 3. The van der Waals surface area contributed by atoms with Gasteiger partial charge in [-0.15, -0.1) is 12.4 Å². The molecule has 0 aromatic heterocycles. The fourth-order valence-electron chi connectivity index (χ4n) is 3.85. The summed E-state index contributed by atoms with van der Waals surface area (Å²) in [6, 6.07) is 4.72. The quantitative estimate of drug-likeness (QED) is 0.763. The van der Waals surface area contributed by atoms with Crippen LogP contribution in [0.15, 0.2) is 23.1 Å². The Morgan fingerprint density at radius 2 is 1.86 bits per heavy atom. The van der Waals surface area contributed by atoms with Gasteiger partial charge in [-0.05, 0) is 25.0 Å². The van der Waals surface area contributed by atoms with Crippen molar-refractivity contribution in [2.45, 2.75) is 30.2 Å². The number of carbonyl (C=O) groups excluding carboxylic acids is 1. The fraction of sp³-hybridized carbons (Fsp3) is 0.611. The predicted molar refractivity (Wildman–Crippen MR) is 106 cm³/mol. The van der Waals surface area contributed by atoms with Crippen molar-refractivity contribution in [1.82, 2.24) is 14.5 Å². The molecule has 3 aliphatic rings. The van der Waals surface area contributed by atoms with E-state index in [-0.39, 0.29) is 29.3 Å². The number of fused-ring (bicyclic) bond motifs is 1. The first-order valence-electron chi connectivity index (χ1n) is 9.46. The summed E-state index contributed by atoms with van der Waals surface area (Å²) in [5, 5.41) is 3.06. The molecule has 1 unspecified atom stereocenters. The van der Waals surface area contributed by atoms with Gasteiger partial charge < -0.3 is 19.7 Å². The first-order valence-corrected chi connectivity index (χ1v) is 10.9. The highest BCUT2D eigenvalue weighted by molar-refractivity contribution is 7.89. The molecule has 0 bridgehead atoms. The summed E-state index contributed by atoms with van der Waals surface area (Å²) < 4.78 is 39.1. The van der Waals surface area contributed by atoms with Crippen molar-refractivity contribution in [2.24, 2.45) is 0 Å². The third kappa shape index (κ3) is 4.22. The lowest BCUT2D eigenvalue weighted by Gasteiger charge is -2.40. The van der Waals surface area contributed by atoms with Gasteiger partial charge in [0, 0.05) is 44.7 Å². The predicted octanol–water partition coefficient (Wildman–Crippen LogP) is 0.855. The topological polar surface area (TPSA) is 88.2 Å². The number of ether oxygens (including phenoxy) is 2. The second kappa shape index (κ2) is 8.86. The number of carbonyl (C=O) groups is 1. The van der Waals surface area contributed by atoms with Gasteiger partial charge >= 0.3 is 0 Å². The molecule has 156 valence electrons. The minimum absolute atomic E-state index is 0. The Hall–Kier alpha value is -1.55. The molecule has 4 rings (SSSR count). The van der Waals surface area contributed by atoms with Crippen molar-refractivity contribution >= 4 is 28.3 Å². The number of hydrogen-bond donors (Lipinski definition) is 1. The average Bonchev–Trinajstić information content (AvgIpc) is 2.93. The largest absolute Gasteiger partial charge is 0.490 e. The van der Waals surface area contributed by atoms with Crippen molar-refractivity contribution < 1.29 is 22.7 Å². The van der Waals surface area contributed by atoms with Crippen LogP contribution in [0.4, 0.5) is 0 Å². The molecule has 0 saturated carbocycles. The van der Waals surface area contributed by atoms with Gasteiger partial charge in [-0.2, -0.15) is 4.31 Å². The highest BCUT2D eigenvalue weighted by Crippen LogP contribution is 2.33. The molecule has 1 amide bonds. The maximum atomic E-state index is 13.2. The number of nitrogens with zero attached hydrogens (tertiary/aromatic N) is 2. The fourth-order valence-corrected chi connectivity index (χ4v) is 5.39. The second-order valence-electron chi connectivity index (χ2n) is 7.08. The zero-order valence-electron chi connectivity index (χ0n) is 15.6. The van der Waals surface area contributed by atoms with Crippen LogP contribution in [0.2, 0.25) is 0 Å². The number of halogens is 1. The van der Waals surface area contributed by atoms with Crippen molar-refractivity contribution in [3.8, 4) is 11.5 Å². The van der Waals surface area contributed by atoms with Crippen LogP contribution in [0.5, 0.6) is 11.5 Å². The highest BCUT2D eigenvalue weighted by Gasteiger charge is 2.35. The molecule has 1 N–H and O–H groups in total. The molecule has 2 fully saturated rings. The standard InChI is InChI=1S/C18H25N3O5S.ClH/c22-18-12-19-6-8-21(18)14-3-1-7-20(13-14)27(23,24)15-4-5-16-17(11-15)26-10-2-9-25-16;/h4-5,11,14,19H,1-3,6-10,12-13H2;1H. The normalized spacial score (nSPS) is 23.6. The molecule has 0 radical (unpaired) electrons. The maximum Gasteiger partial charge on any atom is 0.243 e. The van der Waals surface area contributed by atoms with Gasteiger partial charge in [-0.25, -0.2) is 8.42 Å². The molecule has 2 saturated heterocycles. The van der Waals surface area contributed by atoms with Gasteiger partial charge in [-0.3, -0.25) is 4.79 Å². The first-order chi connectivity index (χ1) is 13.1. The van der Waals surface area contributed by atoms with Crippen LogP contribution in [-0.4, -0.2) is 75.5 Å². The van der Waals surface area contributed by atoms with E-state index in [0.717, 1.165) is 25.8 Å². The van der Waals surface area contributed by atoms with E-state index in [4.69, 9.17) is 9.47 Å². The Morgan fingerprint density at radius 3 is 2.64 bits per heavy atom. The van der Waals surface area contributed by atoms with E-state index < -0.39 is 10.0 Å². The molecule has 3 heterocycles. The third-order valence-electron chi connectivity index (χ3n) is 5.28. The van der Waals surface area contributed by atoms with Crippen LogP contribution < -0.4 is 14.8 Å². The number of amides is 1. The Labute approximate surface area is 171 Å². The van der Waals surface area contributed by atoms with E-state index >= 15 is 0 Å². The number of nitrogens with one attached hydrogen (secondary N) is 1. The van der Waals surface area contributed by atoms with Crippen molar-refractivity contribution in [1.29, 1.82) is 0 Å². The van der Waals surface area contributed by atoms with Gasteiger partial charge in [0.1, 0.15) is 0 Å². The molecule has 1 aromatic carbocycles. The number of benzene rings is 1. The van der Waals surface area contributed by atoms with Gasteiger partial charge in [0.05, 0.1) is 24.7 Å². The van der Waals surface area contributed by atoms with Crippen LogP contribution in [0.1, 0.15) is 19.3 Å². The third-order valence-corrected chi connectivity index (χ3v) is 7.14. The van der Waals surface area contributed by atoms with Crippen LogP contribution in [-0.2, 0) is 14.8 Å². The molecule has 10 heteroatoms. The van der Waals surface area contributed by atoms with Crippen molar-refractivity contribution in [3.63, 3.8) is 0 Å². The van der Waals surface area contributed by atoms with E-state index in [1.165, 1.54) is 4.31 Å². The summed E-state index contributed by atoms with van der Waals surface area (Å²) in [6.45, 7) is 3.57. The van der Waals surface area contributed by atoms with Crippen LogP contribution in [0.3, 0.4) is 0 Å². The number of hydrogen-bond acceptors (Lipinski definition) is 6. The highest BCUT2D eigenvalue weighted by atomic mass is 35.5. The Kier molecular flexibility index (Phi) is 6.69. The average molecular weight is 432 g/mol. The minimum Gasteiger partial charge on any atom is -0.490 e. The summed E-state index contributed by atoms with van der Waals surface area (Å²) >= 11 is 0. The van der Waals surface area contributed by atoms with Crippen LogP contribution in [0, 0.1) is 0 Å². The summed E-state index contributed by atoms with van der Waals surface area (Å²) in [4.78, 5) is 14.2. The van der Waals surface area contributed by atoms with E-state index in [1.54, 1.807) is 18.2 Å². The zero-order chi connectivity index (χ0) is 18.9. The number of sulfonamides is 1. The van der Waals surface area contributed by atoms with E-state index in [1.807, 2.05) is 4.90 Å². The van der Waals surface area contributed by atoms with Crippen molar-refractivity contribution in [2.75, 3.05) is 45.9 Å². The lowest BCUT2D eigenvalue weighted by molar-refractivity contribution is -0.135. The van der Waals surface area contributed by atoms with Crippen LogP contribution >= 0.6 is 12.4 Å². The Bertz CT molecular complexity index is 819. The zero-order valence-corrected chi connectivity index (χ0v) is 17.3. The smallest absolute Gasteiger partial charge is 0.243 e. The second-order valence-corrected chi connectivity index (χ2v) is 9.02. The van der Waals surface area contributed by atoms with Gasteiger partial charge in [0.15, 0.2) is 11.5 Å². The molecular weight excluding hydrogens is 406 g/mol. The SMILES string of the molecule is Cl.O=C1CNCCN1C1CCCN(S(=O)(=O)c2ccc3c(c2)OCCCO3)C1. The lowest BCUT2D eigenvalue weighted by Crippen LogP contribution is -2.57. The van der Waals surface area contributed by atoms with Gasteiger partial charge in [0.2, 0.25) is 15.9 Å². The van der Waals surface area contributed by atoms with Crippen molar-refractivity contribution in [3.05, 3.63) is 18.2 Å². The Balaban J connectivity index is 0.00000225. The molecule has 28 heavy (non-hydrogen) atoms. The van der Waals surface area contributed by atoms with E-state index in [0.29, 0.717) is 50.9 Å². The van der Waals surface area contributed by atoms with E-state index in [2.05, 4.69) is 5.32 Å². The summed E-state index contributed by atoms with van der Waals surface area (Å²) in [7, 11) is -3.65. The molecule has 3 aliphatic heterocycles. The number of piperazine rings is 1. The molecule has 0 spiro atoms. The molecule has 0 aliphatic carbocycles. The monoisotopic (exact) mass is 431 g/mol. The Morgan fingerprint density at radius 1 is 1.07 bits per heavy atom. The first kappa shape index (κ1) is 21.2. The van der Waals surface area contributed by atoms with Gasteiger partial charge in [0.25, 0.3) is 0 Å². The minimum atomic E-state index is -3.65. The molecule has 1 atom stereocenters.